The van der Waals surface area contributed by atoms with E-state index in [0.717, 1.165) is 25.7 Å². The van der Waals surface area contributed by atoms with Gasteiger partial charge in [0.25, 0.3) is 11.5 Å². The molecule has 2 aromatic heterocycles. The molecule has 0 saturated carbocycles. The molecule has 1 saturated heterocycles. The number of fused-ring (bicyclic) bond motifs is 1. The summed E-state index contributed by atoms with van der Waals surface area (Å²) in [6, 6.07) is 3.17. The molecule has 1 fully saturated rings. The molecule has 4 heterocycles. The number of hydrogen-bond donors (Lipinski definition) is 1. The number of carbonyl (C=O) groups is 2. The number of amides is 2. The van der Waals surface area contributed by atoms with E-state index in [9.17, 15) is 14.4 Å². The van der Waals surface area contributed by atoms with Gasteiger partial charge in [-0.25, -0.2) is 4.98 Å². The van der Waals surface area contributed by atoms with Crippen LogP contribution in [0.3, 0.4) is 0 Å². The molecule has 8 heteroatoms. The fourth-order valence-electron chi connectivity index (χ4n) is 4.34. The summed E-state index contributed by atoms with van der Waals surface area (Å²) in [6.07, 6.45) is 7.70. The molecule has 30 heavy (non-hydrogen) atoms. The molecule has 2 aromatic rings. The molecule has 2 aliphatic rings. The number of likely N-dealkylation sites (tertiary alicyclic amines) is 1. The molecule has 0 aromatic carbocycles. The number of carbonyl (C=O) groups excluding carboxylic acids is 2. The molecule has 0 unspecified atom stereocenters. The largest absolute Gasteiger partial charge is 0.333 e. The zero-order valence-electron chi connectivity index (χ0n) is 17.3. The summed E-state index contributed by atoms with van der Waals surface area (Å²) in [7, 11) is 0. The summed E-state index contributed by atoms with van der Waals surface area (Å²) in [5.41, 5.74) is 1.69. The molecule has 158 valence electrons. The van der Waals surface area contributed by atoms with Crippen LogP contribution in [0.5, 0.6) is 0 Å². The molecule has 1 N–H and O–H groups in total. The van der Waals surface area contributed by atoms with Gasteiger partial charge in [-0.3, -0.25) is 19.4 Å². The van der Waals surface area contributed by atoms with E-state index in [4.69, 9.17) is 4.98 Å². The minimum absolute atomic E-state index is 0.0934. The van der Waals surface area contributed by atoms with Gasteiger partial charge < -0.3 is 14.8 Å². The van der Waals surface area contributed by atoms with Crippen LogP contribution in [0.4, 0.5) is 0 Å². The fourth-order valence-corrected chi connectivity index (χ4v) is 4.34. The first-order valence-corrected chi connectivity index (χ1v) is 10.7. The van der Waals surface area contributed by atoms with E-state index in [-0.39, 0.29) is 23.4 Å². The van der Waals surface area contributed by atoms with Crippen molar-refractivity contribution in [3.05, 3.63) is 57.5 Å². The summed E-state index contributed by atoms with van der Waals surface area (Å²) >= 11 is 0. The van der Waals surface area contributed by atoms with Crippen LogP contribution in [0, 0.1) is 0 Å². The van der Waals surface area contributed by atoms with Crippen LogP contribution in [-0.4, -0.2) is 49.7 Å². The Hall–Kier alpha value is -3.03. The number of nitrogens with one attached hydrogen (secondary N) is 1. The molecule has 1 atom stereocenters. The van der Waals surface area contributed by atoms with Crippen molar-refractivity contribution < 1.29 is 9.59 Å². The zero-order valence-corrected chi connectivity index (χ0v) is 17.3. The van der Waals surface area contributed by atoms with Crippen LogP contribution >= 0.6 is 0 Å². The highest BCUT2D eigenvalue weighted by atomic mass is 16.2. The Morgan fingerprint density at radius 3 is 2.77 bits per heavy atom. The molecular formula is C22H27N5O3. The molecule has 8 nitrogen and oxygen atoms in total. The van der Waals surface area contributed by atoms with E-state index < -0.39 is 0 Å². The zero-order chi connectivity index (χ0) is 21.1. The van der Waals surface area contributed by atoms with Gasteiger partial charge in [0.15, 0.2) is 0 Å². The number of pyridine rings is 1. The number of rotatable bonds is 4. The summed E-state index contributed by atoms with van der Waals surface area (Å²) < 4.78 is 0. The van der Waals surface area contributed by atoms with Crippen molar-refractivity contribution in [3.8, 4) is 0 Å². The third-order valence-corrected chi connectivity index (χ3v) is 5.91. The first-order valence-electron chi connectivity index (χ1n) is 10.7. The number of hydrogen-bond acceptors (Lipinski definition) is 5. The van der Waals surface area contributed by atoms with Gasteiger partial charge in [-0.05, 0) is 44.2 Å². The highest BCUT2D eigenvalue weighted by Gasteiger charge is 2.31. The van der Waals surface area contributed by atoms with Gasteiger partial charge in [-0.15, -0.1) is 0 Å². The van der Waals surface area contributed by atoms with Crippen LogP contribution in [0.15, 0.2) is 29.3 Å². The minimum atomic E-state index is -0.206. The van der Waals surface area contributed by atoms with Crippen molar-refractivity contribution >= 4 is 11.8 Å². The van der Waals surface area contributed by atoms with E-state index >= 15 is 0 Å². The SMILES string of the molecule is CCCC(=O)N1CCCC[C@@H]1c1nc2c(c(=O)[nH]1)CCN(C(=O)c1ccncc1)C2. The van der Waals surface area contributed by atoms with E-state index in [1.54, 1.807) is 29.4 Å². The maximum Gasteiger partial charge on any atom is 0.254 e. The maximum absolute atomic E-state index is 12.8. The van der Waals surface area contributed by atoms with Gasteiger partial charge in [0.2, 0.25) is 5.91 Å². The Bertz CT molecular complexity index is 988. The average Bonchev–Trinajstić information content (AvgIpc) is 2.79. The molecule has 0 bridgehead atoms. The molecule has 4 rings (SSSR count). The van der Waals surface area contributed by atoms with Gasteiger partial charge in [-0.2, -0.15) is 0 Å². The highest BCUT2D eigenvalue weighted by Crippen LogP contribution is 2.30. The maximum atomic E-state index is 12.8. The van der Waals surface area contributed by atoms with Crippen LogP contribution in [0.25, 0.3) is 0 Å². The molecule has 2 aliphatic heterocycles. The van der Waals surface area contributed by atoms with Crippen molar-refractivity contribution in [2.24, 2.45) is 0 Å². The molecule has 0 spiro atoms. The van der Waals surface area contributed by atoms with Crippen molar-refractivity contribution in [2.75, 3.05) is 13.1 Å². The van der Waals surface area contributed by atoms with Crippen LogP contribution in [0.1, 0.15) is 72.5 Å². The van der Waals surface area contributed by atoms with Gasteiger partial charge in [0, 0.05) is 43.0 Å². The second-order valence-electron chi connectivity index (χ2n) is 7.94. The molecular weight excluding hydrogens is 382 g/mol. The van der Waals surface area contributed by atoms with Crippen molar-refractivity contribution in [3.63, 3.8) is 0 Å². The Morgan fingerprint density at radius 2 is 2.00 bits per heavy atom. The summed E-state index contributed by atoms with van der Waals surface area (Å²) in [5, 5.41) is 0. The van der Waals surface area contributed by atoms with Crippen LogP contribution in [-0.2, 0) is 17.8 Å². The Labute approximate surface area is 175 Å². The molecule has 0 radical (unpaired) electrons. The lowest BCUT2D eigenvalue weighted by atomic mass is 9.99. The monoisotopic (exact) mass is 409 g/mol. The van der Waals surface area contributed by atoms with E-state index in [1.807, 2.05) is 11.8 Å². The average molecular weight is 409 g/mol. The third kappa shape index (κ3) is 3.99. The predicted octanol–water partition coefficient (Wildman–Crippen LogP) is 2.22. The van der Waals surface area contributed by atoms with Gasteiger partial charge in [0.1, 0.15) is 5.82 Å². The van der Waals surface area contributed by atoms with Gasteiger partial charge >= 0.3 is 0 Å². The standard InChI is InChI=1S/C22H27N5O3/c1-2-5-19(28)27-12-4-3-6-18(27)20-24-17-14-26(13-9-16(17)21(29)25-20)22(30)15-7-10-23-11-8-15/h7-8,10-11,18H,2-6,9,12-14H2,1H3,(H,24,25,29)/t18-/m1/s1. The minimum Gasteiger partial charge on any atom is -0.333 e. The smallest absolute Gasteiger partial charge is 0.254 e. The second kappa shape index (κ2) is 8.77. The lowest BCUT2D eigenvalue weighted by Gasteiger charge is -2.36. The second-order valence-corrected chi connectivity index (χ2v) is 7.94. The van der Waals surface area contributed by atoms with Crippen molar-refractivity contribution in [2.45, 2.75) is 58.0 Å². The fraction of sp³-hybridized carbons (Fsp3) is 0.500. The normalized spacial score (nSPS) is 18.8. The Kier molecular flexibility index (Phi) is 5.92. The number of H-pyrrole nitrogens is 1. The van der Waals surface area contributed by atoms with Gasteiger partial charge in [0.05, 0.1) is 18.3 Å². The number of aromatic nitrogens is 3. The highest BCUT2D eigenvalue weighted by molar-refractivity contribution is 5.94. The molecule has 0 aliphatic carbocycles. The summed E-state index contributed by atoms with van der Waals surface area (Å²) in [6.45, 7) is 3.45. The van der Waals surface area contributed by atoms with Crippen LogP contribution in [0.2, 0.25) is 0 Å². The van der Waals surface area contributed by atoms with E-state index in [2.05, 4.69) is 9.97 Å². The quantitative estimate of drug-likeness (QED) is 0.835. The lowest BCUT2D eigenvalue weighted by Crippen LogP contribution is -2.42. The lowest BCUT2D eigenvalue weighted by molar-refractivity contribution is -0.135. The predicted molar refractivity (Wildman–Crippen MR) is 111 cm³/mol. The molecule has 2 amide bonds. The van der Waals surface area contributed by atoms with E-state index in [0.29, 0.717) is 55.1 Å². The number of aromatic amines is 1. The topological polar surface area (TPSA) is 99.3 Å². The first-order chi connectivity index (χ1) is 14.6. The number of piperidine rings is 1. The summed E-state index contributed by atoms with van der Waals surface area (Å²) in [5.74, 6) is 0.558. The first kappa shape index (κ1) is 20.3. The van der Waals surface area contributed by atoms with Crippen molar-refractivity contribution in [1.29, 1.82) is 0 Å². The van der Waals surface area contributed by atoms with Gasteiger partial charge in [-0.1, -0.05) is 6.92 Å². The van der Waals surface area contributed by atoms with Crippen molar-refractivity contribution in [1.82, 2.24) is 24.8 Å². The number of nitrogens with zero attached hydrogens (tertiary/aromatic N) is 4. The van der Waals surface area contributed by atoms with Crippen LogP contribution < -0.4 is 5.56 Å². The Balaban J connectivity index is 1.61. The summed E-state index contributed by atoms with van der Waals surface area (Å²) in [4.78, 5) is 53.4. The Morgan fingerprint density at radius 1 is 1.20 bits per heavy atom. The van der Waals surface area contributed by atoms with E-state index in [1.165, 1.54) is 0 Å². The third-order valence-electron chi connectivity index (χ3n) is 5.91.